The van der Waals surface area contributed by atoms with Gasteiger partial charge in [-0.15, -0.1) is 17.0 Å². The maximum absolute atomic E-state index is 5.88. The summed E-state index contributed by atoms with van der Waals surface area (Å²) in [6.45, 7) is 0. The molecule has 0 amide bonds. The molecular formula is C7H6BrCl2Zn. The van der Waals surface area contributed by atoms with Gasteiger partial charge in [0.25, 0.3) is 0 Å². The van der Waals surface area contributed by atoms with E-state index in [0.29, 0.717) is 5.02 Å². The van der Waals surface area contributed by atoms with Crippen molar-refractivity contribution in [3.63, 3.8) is 0 Å². The summed E-state index contributed by atoms with van der Waals surface area (Å²) in [4.78, 5) is 0. The van der Waals surface area contributed by atoms with Crippen molar-refractivity contribution in [1.82, 2.24) is 0 Å². The van der Waals surface area contributed by atoms with Crippen LogP contribution in [-0.4, -0.2) is 0 Å². The summed E-state index contributed by atoms with van der Waals surface area (Å²) in [5.74, 6) is 0. The summed E-state index contributed by atoms with van der Waals surface area (Å²) in [6.07, 6.45) is 0. The first-order valence-corrected chi connectivity index (χ1v) is 5.83. The molecule has 0 radical (unpaired) electrons. The third kappa shape index (κ3) is 3.02. The van der Waals surface area contributed by atoms with E-state index in [1.807, 2.05) is 18.2 Å². The van der Waals surface area contributed by atoms with Crippen molar-refractivity contribution in [2.24, 2.45) is 0 Å². The van der Waals surface area contributed by atoms with Crippen molar-refractivity contribution < 1.29 is 18.3 Å². The van der Waals surface area contributed by atoms with Crippen LogP contribution in [0.2, 0.25) is 10.0 Å². The van der Waals surface area contributed by atoms with Gasteiger partial charge in [0.15, 0.2) is 0 Å². The molecule has 0 aliphatic rings. The van der Waals surface area contributed by atoms with Gasteiger partial charge in [0, 0.05) is 0 Å². The molecule has 0 nitrogen and oxygen atoms in total. The van der Waals surface area contributed by atoms with Crippen LogP contribution in [0.4, 0.5) is 0 Å². The van der Waals surface area contributed by atoms with Gasteiger partial charge in [-0.1, -0.05) is 0 Å². The van der Waals surface area contributed by atoms with Crippen molar-refractivity contribution in [3.8, 4) is 0 Å². The van der Waals surface area contributed by atoms with Crippen LogP contribution in [0.5, 0.6) is 0 Å². The van der Waals surface area contributed by atoms with Crippen LogP contribution >= 0.6 is 40.2 Å². The summed E-state index contributed by atoms with van der Waals surface area (Å²) >= 11 is 12.9. The Labute approximate surface area is 96.7 Å². The van der Waals surface area contributed by atoms with Gasteiger partial charge < -0.3 is 0 Å². The van der Waals surface area contributed by atoms with Gasteiger partial charge in [-0.3, -0.25) is 0 Å². The number of hydrogen-bond acceptors (Lipinski definition) is 0. The minimum atomic E-state index is 0. The van der Waals surface area contributed by atoms with E-state index in [4.69, 9.17) is 23.2 Å². The molecule has 1 aromatic carbocycles. The molecule has 0 saturated heterocycles. The Morgan fingerprint density at radius 2 is 1.91 bits per heavy atom. The van der Waals surface area contributed by atoms with E-state index in [1.165, 1.54) is 18.3 Å². The molecule has 0 aliphatic carbocycles. The molecule has 11 heavy (non-hydrogen) atoms. The fourth-order valence-electron chi connectivity index (χ4n) is 0.742. The standard InChI is InChI=1S/C7H5Cl2.BrH.Zn/c1-5-3-2-4-6(8)7(5)9;;/h2-4H,1H2;1H;. The Morgan fingerprint density at radius 1 is 1.27 bits per heavy atom. The molecule has 0 unspecified atom stereocenters. The zero-order chi connectivity index (χ0) is 7.56. The predicted octanol–water partition coefficient (Wildman–Crippen LogP) is 3.62. The maximum atomic E-state index is 5.88. The first-order chi connectivity index (χ1) is 4.75. The summed E-state index contributed by atoms with van der Waals surface area (Å²) in [5.41, 5.74) is 1.16. The fraction of sp³-hybridized carbons (Fsp3) is 0.143. The summed E-state index contributed by atoms with van der Waals surface area (Å²) < 4.78 is 0. The van der Waals surface area contributed by atoms with Crippen molar-refractivity contribution in [2.45, 2.75) is 5.02 Å². The molecule has 0 N–H and O–H groups in total. The Morgan fingerprint density at radius 3 is 2.36 bits per heavy atom. The summed E-state index contributed by atoms with van der Waals surface area (Å²) in [5, 5.41) is 2.43. The number of halogens is 3. The quantitative estimate of drug-likeness (QED) is 0.695. The van der Waals surface area contributed by atoms with Crippen LogP contribution in [0.25, 0.3) is 0 Å². The van der Waals surface area contributed by atoms with Gasteiger partial charge >= 0.3 is 80.3 Å². The monoisotopic (exact) mass is 303 g/mol. The molecule has 4 heteroatoms. The summed E-state index contributed by atoms with van der Waals surface area (Å²) in [7, 11) is 0. The molecule has 0 heterocycles. The second-order valence-corrected chi connectivity index (χ2v) is 3.80. The SMILES string of the molecule is Br.Clc1cccc([CH2][Zn])c1Cl. The van der Waals surface area contributed by atoms with Gasteiger partial charge in [0.2, 0.25) is 0 Å². The third-order valence-electron chi connectivity index (χ3n) is 1.30. The van der Waals surface area contributed by atoms with Crippen LogP contribution in [0.3, 0.4) is 0 Å². The van der Waals surface area contributed by atoms with Gasteiger partial charge in [-0.05, 0) is 0 Å². The molecular weight excluding hydrogens is 300 g/mol. The Bertz CT molecular complexity index is 240. The number of rotatable bonds is 1. The van der Waals surface area contributed by atoms with Crippen LogP contribution < -0.4 is 0 Å². The molecule has 1 rings (SSSR count). The van der Waals surface area contributed by atoms with E-state index in [9.17, 15) is 0 Å². The molecule has 0 saturated carbocycles. The van der Waals surface area contributed by atoms with E-state index in [-0.39, 0.29) is 17.0 Å². The van der Waals surface area contributed by atoms with Gasteiger partial charge in [0.05, 0.1) is 0 Å². The van der Waals surface area contributed by atoms with Crippen molar-refractivity contribution in [3.05, 3.63) is 33.8 Å². The normalized spacial score (nSPS) is 9.09. The molecule has 0 fully saturated rings. The van der Waals surface area contributed by atoms with Crippen LogP contribution in [0.1, 0.15) is 5.56 Å². The fourth-order valence-corrected chi connectivity index (χ4v) is 2.36. The van der Waals surface area contributed by atoms with Crippen LogP contribution in [-0.2, 0) is 23.3 Å². The van der Waals surface area contributed by atoms with E-state index >= 15 is 0 Å². The molecule has 57 valence electrons. The second kappa shape index (κ2) is 5.53. The van der Waals surface area contributed by atoms with Crippen LogP contribution in [0.15, 0.2) is 18.2 Å². The first-order valence-electron chi connectivity index (χ1n) is 2.98. The van der Waals surface area contributed by atoms with Gasteiger partial charge in [0.1, 0.15) is 0 Å². The van der Waals surface area contributed by atoms with E-state index in [1.54, 1.807) is 0 Å². The third-order valence-corrected chi connectivity index (χ3v) is 3.29. The number of benzene rings is 1. The van der Waals surface area contributed by atoms with Crippen molar-refractivity contribution >= 4 is 40.2 Å². The van der Waals surface area contributed by atoms with Crippen molar-refractivity contribution in [1.29, 1.82) is 0 Å². The number of hydrogen-bond donors (Lipinski definition) is 0. The van der Waals surface area contributed by atoms with Crippen molar-refractivity contribution in [2.75, 3.05) is 0 Å². The average Bonchev–Trinajstić information content (AvgIpc) is 1.95. The van der Waals surface area contributed by atoms with Crippen LogP contribution in [0, 0.1) is 0 Å². The van der Waals surface area contributed by atoms with E-state index < -0.39 is 0 Å². The topological polar surface area (TPSA) is 0 Å². The minimum absolute atomic E-state index is 0. The summed E-state index contributed by atoms with van der Waals surface area (Å²) in [6, 6.07) is 5.75. The molecule has 0 bridgehead atoms. The Kier molecular flexibility index (Phi) is 5.99. The first kappa shape index (κ1) is 11.9. The zero-order valence-electron chi connectivity index (χ0n) is 5.81. The molecule has 0 spiro atoms. The van der Waals surface area contributed by atoms with E-state index in [2.05, 4.69) is 0 Å². The molecule has 0 aromatic heterocycles. The average molecular weight is 306 g/mol. The predicted molar refractivity (Wildman–Crippen MR) is 50.5 cm³/mol. The van der Waals surface area contributed by atoms with E-state index in [0.717, 1.165) is 15.6 Å². The Hall–Kier alpha value is 0.903. The van der Waals surface area contributed by atoms with Gasteiger partial charge in [-0.25, -0.2) is 0 Å². The molecule has 0 atom stereocenters. The van der Waals surface area contributed by atoms with Gasteiger partial charge in [-0.2, -0.15) is 0 Å². The second-order valence-electron chi connectivity index (χ2n) is 1.96. The molecule has 0 aliphatic heterocycles. The Balaban J connectivity index is 0.000001000. The molecule has 1 aromatic rings. The zero-order valence-corrected chi connectivity index (χ0v) is 12.0.